The number of rotatable bonds is 7. The lowest BCUT2D eigenvalue weighted by atomic mass is 9.77. The van der Waals surface area contributed by atoms with Crippen molar-refractivity contribution in [2.75, 3.05) is 40.8 Å². The lowest BCUT2D eigenvalue weighted by molar-refractivity contribution is -0.317. The third-order valence-electron chi connectivity index (χ3n) is 10.7. The van der Waals surface area contributed by atoms with Crippen molar-refractivity contribution < 1.29 is 48.6 Å². The molecule has 3 aliphatic rings. The summed E-state index contributed by atoms with van der Waals surface area (Å²) in [4.78, 5) is 30.2. The van der Waals surface area contributed by atoms with Gasteiger partial charge in [-0.3, -0.25) is 9.59 Å². The Kier molecular flexibility index (Phi) is 14.1. The molecule has 3 rings (SSSR count). The number of aliphatic hydroxyl groups excluding tert-OH is 2. The third-order valence-corrected chi connectivity index (χ3v) is 10.7. The highest BCUT2D eigenvalue weighted by Gasteiger charge is 2.51. The van der Waals surface area contributed by atoms with Gasteiger partial charge in [0.15, 0.2) is 12.6 Å². The van der Waals surface area contributed by atoms with Crippen LogP contribution in [0.5, 0.6) is 0 Å². The van der Waals surface area contributed by atoms with E-state index in [9.17, 15) is 24.9 Å². The lowest BCUT2D eigenvalue weighted by Gasteiger charge is -2.49. The van der Waals surface area contributed by atoms with E-state index in [0.717, 1.165) is 6.54 Å². The van der Waals surface area contributed by atoms with Gasteiger partial charge in [-0.15, -0.1) is 0 Å². The maximum atomic E-state index is 13.6. The van der Waals surface area contributed by atoms with Crippen LogP contribution in [0.25, 0.3) is 0 Å². The number of nitrogens with one attached hydrogen (secondary N) is 1. The van der Waals surface area contributed by atoms with Crippen LogP contribution in [0.3, 0.4) is 0 Å². The number of methoxy groups -OCH3 is 1. The molecule has 0 bridgehead atoms. The number of ether oxygens (including phenoxy) is 5. The second kappa shape index (κ2) is 16.5. The Hall–Kier alpha value is -1.42. The first-order chi connectivity index (χ1) is 21.8. The van der Waals surface area contributed by atoms with Crippen LogP contribution in [0, 0.1) is 17.8 Å². The molecule has 3 fully saturated rings. The SMILES string of the molecule is CCN(C)[C@H]1C[C@@H](C)O[C@@H](O[C@@H]2[C@@H](C)[C@H](O[C@H]3C[C@@](C)(OC)[C@@H](O)[C@H](C)O3)[C@@H](C)C(=O)NCCC(=O)N(C)C[C@H](C)C[C@@]2(C)O)[C@@H]1O. The topological polar surface area (TPSA) is 159 Å². The molecule has 0 aromatic heterocycles. The highest BCUT2D eigenvalue weighted by molar-refractivity contribution is 5.80. The summed E-state index contributed by atoms with van der Waals surface area (Å²) >= 11 is 0. The number of amides is 2. The fourth-order valence-corrected chi connectivity index (χ4v) is 7.68. The van der Waals surface area contributed by atoms with Gasteiger partial charge >= 0.3 is 0 Å². The van der Waals surface area contributed by atoms with Gasteiger partial charge in [0, 0.05) is 52.0 Å². The number of aliphatic hydroxyl groups is 3. The first-order valence-electron chi connectivity index (χ1n) is 17.3. The number of nitrogens with zero attached hydrogens (tertiary/aromatic N) is 2. The summed E-state index contributed by atoms with van der Waals surface area (Å²) in [6.45, 7) is 16.0. The normalized spacial score (nSPS) is 45.0. The highest BCUT2D eigenvalue weighted by Crippen LogP contribution is 2.39. The molecule has 47 heavy (non-hydrogen) atoms. The fraction of sp³-hybridized carbons (Fsp3) is 0.941. The molecular weight excluding hydrogens is 610 g/mol. The molecule has 2 amide bonds. The van der Waals surface area contributed by atoms with Gasteiger partial charge < -0.3 is 54.1 Å². The zero-order valence-corrected chi connectivity index (χ0v) is 30.5. The molecule has 0 radical (unpaired) electrons. The van der Waals surface area contributed by atoms with Crippen molar-refractivity contribution in [2.45, 2.75) is 148 Å². The number of hydrogen-bond acceptors (Lipinski definition) is 11. The van der Waals surface area contributed by atoms with Crippen molar-refractivity contribution >= 4 is 11.8 Å². The van der Waals surface area contributed by atoms with Crippen molar-refractivity contribution in [2.24, 2.45) is 17.8 Å². The molecule has 3 heterocycles. The van der Waals surface area contributed by atoms with Gasteiger partial charge in [0.25, 0.3) is 0 Å². The Bertz CT molecular complexity index is 1030. The van der Waals surface area contributed by atoms with E-state index in [2.05, 4.69) is 10.2 Å². The van der Waals surface area contributed by atoms with Gasteiger partial charge in [-0.05, 0) is 60.0 Å². The van der Waals surface area contributed by atoms with E-state index in [1.807, 2.05) is 34.7 Å². The summed E-state index contributed by atoms with van der Waals surface area (Å²) in [7, 11) is 5.19. The van der Waals surface area contributed by atoms with E-state index in [-0.39, 0.29) is 55.7 Å². The molecular formula is C34H63N3O10. The Balaban J connectivity index is 2.06. The zero-order valence-electron chi connectivity index (χ0n) is 30.5. The maximum absolute atomic E-state index is 13.6. The Morgan fingerprint density at radius 1 is 1.06 bits per heavy atom. The summed E-state index contributed by atoms with van der Waals surface area (Å²) in [5.74, 6) is -1.96. The summed E-state index contributed by atoms with van der Waals surface area (Å²) < 4.78 is 31.3. The minimum Gasteiger partial charge on any atom is -0.387 e. The molecule has 3 saturated heterocycles. The van der Waals surface area contributed by atoms with E-state index in [1.54, 1.807) is 39.6 Å². The zero-order chi connectivity index (χ0) is 35.4. The summed E-state index contributed by atoms with van der Waals surface area (Å²) in [5.41, 5.74) is -2.46. The van der Waals surface area contributed by atoms with Gasteiger partial charge in [-0.25, -0.2) is 0 Å². The van der Waals surface area contributed by atoms with Gasteiger partial charge in [0.05, 0.1) is 41.5 Å². The standard InChI is InChI=1S/C34H63N3O10/c1-12-36(9)24-15-20(3)44-32(27(24)39)47-30-21(4)28(46-26-17-34(8,43-11)29(40)23(6)45-26)22(5)31(41)35-14-13-25(38)37(10)18-19(2)16-33(30,7)42/h19-24,26-30,32,39-40,42H,12-18H2,1-11H3,(H,35,41)/t19-,20-,21+,22-,23+,24+,26+,27-,28+,29+,30-,32+,33-,34-/m1/s1. The Morgan fingerprint density at radius 2 is 1.72 bits per heavy atom. The molecule has 0 unspecified atom stereocenters. The van der Waals surface area contributed by atoms with Crippen LogP contribution in [0.2, 0.25) is 0 Å². The Morgan fingerprint density at radius 3 is 2.34 bits per heavy atom. The van der Waals surface area contributed by atoms with E-state index < -0.39 is 66.1 Å². The van der Waals surface area contributed by atoms with Crippen LogP contribution in [-0.2, 0) is 33.3 Å². The Labute approximate surface area is 281 Å². The van der Waals surface area contributed by atoms with E-state index in [4.69, 9.17) is 23.7 Å². The molecule has 3 aliphatic heterocycles. The average molecular weight is 674 g/mol. The van der Waals surface area contributed by atoms with Crippen LogP contribution in [-0.4, -0.2) is 144 Å². The molecule has 274 valence electrons. The predicted octanol–water partition coefficient (Wildman–Crippen LogP) is 1.50. The van der Waals surface area contributed by atoms with Crippen molar-refractivity contribution in [1.82, 2.24) is 15.1 Å². The van der Waals surface area contributed by atoms with Crippen LogP contribution < -0.4 is 5.32 Å². The quantitative estimate of drug-likeness (QED) is 0.310. The minimum atomic E-state index is -1.50. The molecule has 0 aromatic carbocycles. The average Bonchev–Trinajstić information content (AvgIpc) is 3.00. The van der Waals surface area contributed by atoms with Crippen LogP contribution >= 0.6 is 0 Å². The summed E-state index contributed by atoms with van der Waals surface area (Å²) in [5, 5.41) is 37.5. The molecule has 13 nitrogen and oxygen atoms in total. The van der Waals surface area contributed by atoms with Gasteiger partial charge in [-0.1, -0.05) is 27.7 Å². The summed E-state index contributed by atoms with van der Waals surface area (Å²) in [6, 6.07) is -0.224. The molecule has 14 atom stereocenters. The fourth-order valence-electron chi connectivity index (χ4n) is 7.68. The van der Waals surface area contributed by atoms with E-state index >= 15 is 0 Å². The predicted molar refractivity (Wildman–Crippen MR) is 175 cm³/mol. The molecule has 4 N–H and O–H groups in total. The first kappa shape index (κ1) is 40.0. The van der Waals surface area contributed by atoms with E-state index in [0.29, 0.717) is 13.0 Å². The number of carbonyl (C=O) groups is 2. The second-order valence-corrected chi connectivity index (χ2v) is 14.9. The summed E-state index contributed by atoms with van der Waals surface area (Å²) in [6.07, 6.45) is -5.27. The molecule has 0 aromatic rings. The molecule has 0 aliphatic carbocycles. The molecule has 13 heteroatoms. The molecule has 0 saturated carbocycles. The van der Waals surface area contributed by atoms with Crippen molar-refractivity contribution in [3.63, 3.8) is 0 Å². The van der Waals surface area contributed by atoms with Crippen LogP contribution in [0.1, 0.15) is 81.1 Å². The van der Waals surface area contributed by atoms with Gasteiger partial charge in [0.2, 0.25) is 11.8 Å². The van der Waals surface area contributed by atoms with Gasteiger partial charge in [-0.2, -0.15) is 0 Å². The monoisotopic (exact) mass is 673 g/mol. The lowest BCUT2D eigenvalue weighted by Crippen LogP contribution is -2.61. The largest absolute Gasteiger partial charge is 0.387 e. The maximum Gasteiger partial charge on any atom is 0.225 e. The number of likely N-dealkylation sites (N-methyl/N-ethyl adjacent to an activating group) is 1. The third kappa shape index (κ3) is 9.64. The van der Waals surface area contributed by atoms with Crippen LogP contribution in [0.4, 0.5) is 0 Å². The second-order valence-electron chi connectivity index (χ2n) is 14.9. The van der Waals surface area contributed by atoms with Crippen molar-refractivity contribution in [1.29, 1.82) is 0 Å². The first-order valence-corrected chi connectivity index (χ1v) is 17.3. The number of carbonyl (C=O) groups excluding carboxylic acids is 2. The smallest absolute Gasteiger partial charge is 0.225 e. The highest BCUT2D eigenvalue weighted by atomic mass is 16.7. The minimum absolute atomic E-state index is 0.115. The molecule has 0 spiro atoms. The van der Waals surface area contributed by atoms with Crippen LogP contribution in [0.15, 0.2) is 0 Å². The number of hydrogen-bond donors (Lipinski definition) is 4. The van der Waals surface area contributed by atoms with Crippen molar-refractivity contribution in [3.8, 4) is 0 Å². The van der Waals surface area contributed by atoms with Gasteiger partial charge in [0.1, 0.15) is 12.2 Å². The van der Waals surface area contributed by atoms with E-state index in [1.165, 1.54) is 7.11 Å². The van der Waals surface area contributed by atoms with Crippen molar-refractivity contribution in [3.05, 3.63) is 0 Å².